The van der Waals surface area contributed by atoms with E-state index in [2.05, 4.69) is 144 Å². The molecule has 0 fully saturated rings. The van der Waals surface area contributed by atoms with Gasteiger partial charge in [-0.25, -0.2) is 4.98 Å². The van der Waals surface area contributed by atoms with E-state index in [0.717, 1.165) is 59.8 Å². The highest BCUT2D eigenvalue weighted by Gasteiger charge is 2.14. The lowest BCUT2D eigenvalue weighted by Gasteiger charge is -2.23. The molecule has 5 aromatic carbocycles. The maximum Gasteiger partial charge on any atom is 0.138 e. The number of H-pyrrole nitrogens is 1. The Morgan fingerprint density at radius 1 is 0.683 bits per heavy atom. The molecule has 0 aliphatic rings. The first-order chi connectivity index (χ1) is 20.2. The van der Waals surface area contributed by atoms with Crippen LogP contribution in [-0.4, -0.2) is 28.0 Å². The van der Waals surface area contributed by atoms with Crippen molar-refractivity contribution in [1.82, 2.24) is 14.9 Å². The number of rotatable bonds is 11. The second-order valence-corrected chi connectivity index (χ2v) is 10.6. The zero-order valence-electron chi connectivity index (χ0n) is 23.5. The quantitative estimate of drug-likeness (QED) is 0.181. The molecule has 1 N–H and O–H groups in total. The molecular formula is C37H35N3O. The highest BCUT2D eigenvalue weighted by molar-refractivity contribution is 5.84. The van der Waals surface area contributed by atoms with Crippen LogP contribution in [0.25, 0.3) is 22.4 Å². The molecule has 0 amide bonds. The van der Waals surface area contributed by atoms with Crippen LogP contribution in [0.2, 0.25) is 0 Å². The third-order valence-electron chi connectivity index (χ3n) is 7.34. The van der Waals surface area contributed by atoms with Crippen LogP contribution in [0.4, 0.5) is 0 Å². The fraction of sp³-hybridized carbons (Fsp3) is 0.162. The monoisotopic (exact) mass is 537 g/mol. The van der Waals surface area contributed by atoms with Gasteiger partial charge in [0.1, 0.15) is 18.2 Å². The van der Waals surface area contributed by atoms with Gasteiger partial charge in [0.15, 0.2) is 0 Å². The summed E-state index contributed by atoms with van der Waals surface area (Å²) in [6, 6.07) is 44.6. The second-order valence-electron chi connectivity index (χ2n) is 10.6. The highest BCUT2D eigenvalue weighted by Crippen LogP contribution is 2.29. The third-order valence-corrected chi connectivity index (χ3v) is 7.34. The molecule has 0 unspecified atom stereocenters. The van der Waals surface area contributed by atoms with Gasteiger partial charge in [0.05, 0.1) is 11.0 Å². The summed E-state index contributed by atoms with van der Waals surface area (Å²) in [5.74, 6) is 1.74. The summed E-state index contributed by atoms with van der Waals surface area (Å²) in [7, 11) is 0. The molecule has 204 valence electrons. The van der Waals surface area contributed by atoms with Crippen LogP contribution in [0.1, 0.15) is 27.8 Å². The molecule has 1 aromatic heterocycles. The zero-order chi connectivity index (χ0) is 27.9. The van der Waals surface area contributed by atoms with E-state index in [-0.39, 0.29) is 0 Å². The average Bonchev–Trinajstić information content (AvgIpc) is 3.44. The zero-order valence-corrected chi connectivity index (χ0v) is 23.5. The van der Waals surface area contributed by atoms with Crippen molar-refractivity contribution in [3.8, 4) is 17.1 Å². The molecular weight excluding hydrogens is 502 g/mol. The number of aromatic amines is 1. The molecule has 4 nitrogen and oxygen atoms in total. The number of nitrogens with zero attached hydrogens (tertiary/aromatic N) is 2. The summed E-state index contributed by atoms with van der Waals surface area (Å²) in [4.78, 5) is 11.1. The maximum atomic E-state index is 6.44. The van der Waals surface area contributed by atoms with Crippen LogP contribution in [0.3, 0.4) is 0 Å². The van der Waals surface area contributed by atoms with Gasteiger partial charge < -0.3 is 9.72 Å². The summed E-state index contributed by atoms with van der Waals surface area (Å²) in [6.07, 6.45) is 0.792. The van der Waals surface area contributed by atoms with E-state index in [1.807, 2.05) is 0 Å². The van der Waals surface area contributed by atoms with E-state index in [1.54, 1.807) is 0 Å². The van der Waals surface area contributed by atoms with Gasteiger partial charge in [-0.15, -0.1) is 0 Å². The van der Waals surface area contributed by atoms with Gasteiger partial charge in [-0.3, -0.25) is 4.90 Å². The molecule has 0 spiro atoms. The van der Waals surface area contributed by atoms with E-state index in [1.165, 1.54) is 22.3 Å². The fourth-order valence-electron chi connectivity index (χ4n) is 5.31. The minimum Gasteiger partial charge on any atom is -0.492 e. The van der Waals surface area contributed by atoms with Gasteiger partial charge in [-0.05, 0) is 47.7 Å². The molecule has 0 bridgehead atoms. The van der Waals surface area contributed by atoms with Crippen molar-refractivity contribution >= 4 is 11.0 Å². The van der Waals surface area contributed by atoms with Gasteiger partial charge in [0.25, 0.3) is 0 Å². The van der Waals surface area contributed by atoms with Gasteiger partial charge in [-0.2, -0.15) is 0 Å². The lowest BCUT2D eigenvalue weighted by Crippen LogP contribution is -2.27. The molecule has 0 radical (unpaired) electrons. The molecule has 0 saturated heterocycles. The lowest BCUT2D eigenvalue weighted by atomic mass is 10.0. The van der Waals surface area contributed by atoms with Crippen molar-refractivity contribution in [3.05, 3.63) is 155 Å². The Balaban J connectivity index is 1.24. The molecule has 6 aromatic rings. The maximum absolute atomic E-state index is 6.44. The molecule has 6 rings (SSSR count). The first-order valence-corrected chi connectivity index (χ1v) is 14.3. The van der Waals surface area contributed by atoms with Gasteiger partial charge in [-0.1, -0.05) is 115 Å². The first kappa shape index (κ1) is 26.5. The normalized spacial score (nSPS) is 11.3. The van der Waals surface area contributed by atoms with E-state index in [9.17, 15) is 0 Å². The number of fused-ring (bicyclic) bond motifs is 1. The lowest BCUT2D eigenvalue weighted by molar-refractivity contribution is 0.196. The van der Waals surface area contributed by atoms with Crippen LogP contribution in [0.15, 0.2) is 127 Å². The van der Waals surface area contributed by atoms with Crippen molar-refractivity contribution in [1.29, 1.82) is 0 Å². The number of hydrogen-bond acceptors (Lipinski definition) is 3. The summed E-state index contributed by atoms with van der Waals surface area (Å²) < 4.78 is 6.44. The number of ether oxygens (including phenoxy) is 1. The van der Waals surface area contributed by atoms with Crippen molar-refractivity contribution in [3.63, 3.8) is 0 Å². The predicted octanol–water partition coefficient (Wildman–Crippen LogP) is 8.21. The van der Waals surface area contributed by atoms with E-state index in [4.69, 9.17) is 9.72 Å². The molecule has 0 atom stereocenters. The number of benzene rings is 5. The van der Waals surface area contributed by atoms with E-state index in [0.29, 0.717) is 6.61 Å². The van der Waals surface area contributed by atoms with E-state index < -0.39 is 0 Å². The average molecular weight is 538 g/mol. The van der Waals surface area contributed by atoms with Crippen molar-refractivity contribution in [2.45, 2.75) is 26.4 Å². The number of aromatic nitrogens is 2. The van der Waals surface area contributed by atoms with Crippen LogP contribution in [0.5, 0.6) is 5.75 Å². The Bertz CT molecular complexity index is 1650. The number of imidazole rings is 1. The minimum absolute atomic E-state index is 0.592. The van der Waals surface area contributed by atoms with Crippen molar-refractivity contribution in [2.24, 2.45) is 0 Å². The molecule has 41 heavy (non-hydrogen) atoms. The molecule has 1 heterocycles. The SMILES string of the molecule is Cc1cccc(-c2nc3c(Cc4ccccc4)cc(OCCN(Cc4ccccc4)Cc4ccccc4)cc3[nH]2)c1. The highest BCUT2D eigenvalue weighted by atomic mass is 16.5. The summed E-state index contributed by atoms with van der Waals surface area (Å²) in [5.41, 5.74) is 9.31. The van der Waals surface area contributed by atoms with Crippen molar-refractivity contribution < 1.29 is 4.74 Å². The summed E-state index contributed by atoms with van der Waals surface area (Å²) in [6.45, 7) is 5.26. The van der Waals surface area contributed by atoms with Gasteiger partial charge in [0.2, 0.25) is 0 Å². The summed E-state index contributed by atoms with van der Waals surface area (Å²) in [5, 5.41) is 0. The van der Waals surface area contributed by atoms with E-state index >= 15 is 0 Å². The van der Waals surface area contributed by atoms with Gasteiger partial charge in [0, 0.05) is 31.3 Å². The number of hydrogen-bond donors (Lipinski definition) is 1. The standard InChI is InChI=1S/C37H35N3O/c1-28-12-11-19-32(22-28)37-38-35-25-34(24-33(36(35)39-37)23-29-13-5-2-6-14-29)41-21-20-40(26-30-15-7-3-8-16-30)27-31-17-9-4-10-18-31/h2-19,22,24-25H,20-21,23,26-27H2,1H3,(H,38,39). The minimum atomic E-state index is 0.592. The smallest absolute Gasteiger partial charge is 0.138 e. The Morgan fingerprint density at radius 3 is 1.95 bits per heavy atom. The molecule has 0 saturated carbocycles. The Morgan fingerprint density at radius 2 is 1.32 bits per heavy atom. The Hall–Kier alpha value is -4.67. The Labute approximate surface area is 242 Å². The number of nitrogens with one attached hydrogen (secondary N) is 1. The topological polar surface area (TPSA) is 41.1 Å². The Kier molecular flexibility index (Phi) is 8.20. The third kappa shape index (κ3) is 6.92. The molecule has 0 aliphatic carbocycles. The van der Waals surface area contributed by atoms with Crippen LogP contribution in [0, 0.1) is 6.92 Å². The van der Waals surface area contributed by atoms with Crippen molar-refractivity contribution in [2.75, 3.05) is 13.2 Å². The molecule has 4 heteroatoms. The largest absolute Gasteiger partial charge is 0.492 e. The predicted molar refractivity (Wildman–Crippen MR) is 168 cm³/mol. The second kappa shape index (κ2) is 12.7. The van der Waals surface area contributed by atoms with Crippen LogP contribution >= 0.6 is 0 Å². The number of aryl methyl sites for hydroxylation is 1. The fourth-order valence-corrected chi connectivity index (χ4v) is 5.31. The first-order valence-electron chi connectivity index (χ1n) is 14.3. The van der Waals surface area contributed by atoms with Crippen LogP contribution in [-0.2, 0) is 19.5 Å². The van der Waals surface area contributed by atoms with Gasteiger partial charge >= 0.3 is 0 Å². The molecule has 0 aliphatic heterocycles. The summed E-state index contributed by atoms with van der Waals surface area (Å²) >= 11 is 0. The van der Waals surface area contributed by atoms with Crippen LogP contribution < -0.4 is 4.74 Å².